The van der Waals surface area contributed by atoms with Gasteiger partial charge in [-0.25, -0.2) is 0 Å². The van der Waals surface area contributed by atoms with E-state index in [-0.39, 0.29) is 0 Å². The zero-order valence-corrected chi connectivity index (χ0v) is 11.0. The molecule has 0 saturated carbocycles. The smallest absolute Gasteiger partial charge is 0.303 e. The highest BCUT2D eigenvalue weighted by atomic mass is 127. The van der Waals surface area contributed by atoms with Crippen LogP contribution in [0.25, 0.3) is 0 Å². The number of aliphatic hydroxyl groups is 1. The molecule has 0 spiro atoms. The number of carbonyl (C=O) groups is 2. The molecule has 0 aromatic carbocycles. The number of esters is 2. The van der Waals surface area contributed by atoms with Crippen molar-refractivity contribution < 1.29 is 28.9 Å². The zero-order valence-electron chi connectivity index (χ0n) is 8.88. The van der Waals surface area contributed by atoms with Crippen LogP contribution in [0.15, 0.2) is 0 Å². The molecule has 0 aromatic rings. The Bertz CT molecular complexity index is 281. The van der Waals surface area contributed by atoms with E-state index < -0.39 is 36.5 Å². The van der Waals surface area contributed by atoms with Gasteiger partial charge in [0.2, 0.25) is 0 Å². The van der Waals surface area contributed by atoms with Gasteiger partial charge in [-0.2, -0.15) is 0 Å². The predicted molar refractivity (Wildman–Crippen MR) is 60.9 cm³/mol. The normalized spacial score (nSPS) is 33.5. The van der Waals surface area contributed by atoms with Crippen molar-refractivity contribution in [3.8, 4) is 0 Å². The van der Waals surface area contributed by atoms with E-state index in [1.54, 1.807) is 0 Å². The topological polar surface area (TPSA) is 82.1 Å². The van der Waals surface area contributed by atoms with E-state index in [0.29, 0.717) is 4.43 Å². The number of hydrogen-bond acceptors (Lipinski definition) is 6. The van der Waals surface area contributed by atoms with E-state index in [1.165, 1.54) is 13.8 Å². The Hall–Kier alpha value is -0.410. The van der Waals surface area contributed by atoms with Crippen LogP contribution < -0.4 is 0 Å². The average Bonchev–Trinajstić information content (AvgIpc) is 2.44. The molecule has 1 fully saturated rings. The van der Waals surface area contributed by atoms with Crippen LogP contribution in [0.4, 0.5) is 0 Å². The molecule has 0 bridgehead atoms. The van der Waals surface area contributed by atoms with Crippen LogP contribution >= 0.6 is 22.6 Å². The minimum absolute atomic E-state index is 0.469. The molecule has 1 N–H and O–H groups in total. The van der Waals surface area contributed by atoms with Crippen molar-refractivity contribution in [2.75, 3.05) is 4.43 Å². The van der Waals surface area contributed by atoms with Gasteiger partial charge in [-0.05, 0) is 0 Å². The second-order valence-corrected chi connectivity index (χ2v) is 4.25. The lowest BCUT2D eigenvalue weighted by atomic mass is 10.1. The summed E-state index contributed by atoms with van der Waals surface area (Å²) in [7, 11) is 0. The molecule has 0 aromatic heterocycles. The highest BCUT2D eigenvalue weighted by Gasteiger charge is 2.47. The van der Waals surface area contributed by atoms with E-state index in [1.807, 2.05) is 22.6 Å². The van der Waals surface area contributed by atoms with Crippen molar-refractivity contribution in [2.45, 2.75) is 38.4 Å². The molecule has 1 heterocycles. The first-order valence-electron chi connectivity index (χ1n) is 4.69. The number of rotatable bonds is 3. The minimum Gasteiger partial charge on any atom is -0.456 e. The lowest BCUT2D eigenvalue weighted by Crippen LogP contribution is -2.40. The first kappa shape index (κ1) is 13.7. The summed E-state index contributed by atoms with van der Waals surface area (Å²) in [4.78, 5) is 21.7. The molecule has 0 unspecified atom stereocenters. The summed E-state index contributed by atoms with van der Waals surface area (Å²) in [6.45, 7) is 2.47. The second-order valence-electron chi connectivity index (χ2n) is 3.37. The molecule has 92 valence electrons. The summed E-state index contributed by atoms with van der Waals surface area (Å²) >= 11 is 2.04. The van der Waals surface area contributed by atoms with Crippen molar-refractivity contribution in [1.82, 2.24) is 0 Å². The van der Waals surface area contributed by atoms with Crippen molar-refractivity contribution >= 4 is 34.5 Å². The van der Waals surface area contributed by atoms with E-state index in [4.69, 9.17) is 14.2 Å². The Morgan fingerprint density at radius 3 is 2.19 bits per heavy atom. The Morgan fingerprint density at radius 1 is 1.25 bits per heavy atom. The fraction of sp³-hybridized carbons (Fsp3) is 0.778. The molecule has 16 heavy (non-hydrogen) atoms. The molecular formula is C9H13IO6. The second kappa shape index (κ2) is 5.78. The third-order valence-electron chi connectivity index (χ3n) is 2.04. The fourth-order valence-corrected chi connectivity index (χ4v) is 2.19. The average molecular weight is 344 g/mol. The van der Waals surface area contributed by atoms with Crippen LogP contribution in [0.2, 0.25) is 0 Å². The summed E-state index contributed by atoms with van der Waals surface area (Å²) in [6, 6.07) is 0. The number of carbonyl (C=O) groups excluding carboxylic acids is 2. The molecule has 6 nitrogen and oxygen atoms in total. The monoisotopic (exact) mass is 344 g/mol. The van der Waals surface area contributed by atoms with Gasteiger partial charge in [-0.1, -0.05) is 22.6 Å². The standard InChI is InChI=1S/C9H13IO6/c1-4(11)14-7-6(3-10)16-9(13)8(7)15-5(2)12/h6-9,13H,3H2,1-2H3/t6-,7+,8-,9-/m1/s1. The third-order valence-corrected chi connectivity index (χ3v) is 2.91. The van der Waals surface area contributed by atoms with Crippen LogP contribution in [-0.2, 0) is 23.8 Å². The highest BCUT2D eigenvalue weighted by Crippen LogP contribution is 2.26. The van der Waals surface area contributed by atoms with Gasteiger partial charge in [0.05, 0.1) is 0 Å². The van der Waals surface area contributed by atoms with Crippen LogP contribution in [0.1, 0.15) is 13.8 Å². The van der Waals surface area contributed by atoms with E-state index in [2.05, 4.69) is 0 Å². The molecule has 0 aliphatic carbocycles. The molecule has 1 aliphatic heterocycles. The number of halogens is 1. The minimum atomic E-state index is -1.26. The van der Waals surface area contributed by atoms with Crippen molar-refractivity contribution in [3.05, 3.63) is 0 Å². The predicted octanol–water partition coefficient (Wildman–Crippen LogP) is 0.00200. The molecule has 4 atom stereocenters. The zero-order chi connectivity index (χ0) is 12.3. The summed E-state index contributed by atoms with van der Waals surface area (Å²) in [6.07, 6.45) is -3.44. The largest absolute Gasteiger partial charge is 0.456 e. The molecule has 1 aliphatic rings. The van der Waals surface area contributed by atoms with Gasteiger partial charge in [-0.15, -0.1) is 0 Å². The van der Waals surface area contributed by atoms with E-state index >= 15 is 0 Å². The Labute approximate surface area is 106 Å². The number of aliphatic hydroxyl groups excluding tert-OH is 1. The first-order valence-corrected chi connectivity index (χ1v) is 6.22. The van der Waals surface area contributed by atoms with Crippen LogP contribution in [0.5, 0.6) is 0 Å². The molecular weight excluding hydrogens is 331 g/mol. The lowest BCUT2D eigenvalue weighted by molar-refractivity contribution is -0.174. The van der Waals surface area contributed by atoms with Gasteiger partial charge in [0.25, 0.3) is 0 Å². The molecule has 1 saturated heterocycles. The number of hydrogen-bond donors (Lipinski definition) is 1. The lowest BCUT2D eigenvalue weighted by Gasteiger charge is -2.21. The fourth-order valence-electron chi connectivity index (χ4n) is 1.48. The van der Waals surface area contributed by atoms with Gasteiger partial charge in [0.15, 0.2) is 18.5 Å². The Morgan fingerprint density at radius 2 is 1.75 bits per heavy atom. The van der Waals surface area contributed by atoms with Crippen molar-refractivity contribution in [2.24, 2.45) is 0 Å². The maximum Gasteiger partial charge on any atom is 0.303 e. The Kier molecular flexibility index (Phi) is 4.93. The number of ether oxygens (including phenoxy) is 3. The van der Waals surface area contributed by atoms with E-state index in [9.17, 15) is 14.7 Å². The van der Waals surface area contributed by atoms with Crippen LogP contribution in [0.3, 0.4) is 0 Å². The molecule has 0 amide bonds. The summed E-state index contributed by atoms with van der Waals surface area (Å²) < 4.78 is 15.5. The summed E-state index contributed by atoms with van der Waals surface area (Å²) in [5.74, 6) is -1.06. The molecule has 7 heteroatoms. The van der Waals surface area contributed by atoms with Crippen molar-refractivity contribution in [1.29, 1.82) is 0 Å². The van der Waals surface area contributed by atoms with Gasteiger partial charge in [0.1, 0.15) is 6.10 Å². The maximum atomic E-state index is 10.9. The van der Waals surface area contributed by atoms with Crippen LogP contribution in [-0.4, -0.2) is 46.1 Å². The van der Waals surface area contributed by atoms with Crippen molar-refractivity contribution in [3.63, 3.8) is 0 Å². The van der Waals surface area contributed by atoms with Gasteiger partial charge in [0, 0.05) is 18.3 Å². The maximum absolute atomic E-state index is 10.9. The van der Waals surface area contributed by atoms with Crippen LogP contribution in [0, 0.1) is 0 Å². The quantitative estimate of drug-likeness (QED) is 0.441. The number of alkyl halides is 1. The third kappa shape index (κ3) is 3.29. The van der Waals surface area contributed by atoms with E-state index in [0.717, 1.165) is 0 Å². The summed E-state index contributed by atoms with van der Waals surface area (Å²) in [5.41, 5.74) is 0. The van der Waals surface area contributed by atoms with Gasteiger partial charge < -0.3 is 19.3 Å². The molecule has 1 rings (SSSR count). The Balaban J connectivity index is 2.76. The first-order chi connectivity index (χ1) is 7.45. The molecule has 0 radical (unpaired) electrons. The summed E-state index contributed by atoms with van der Waals surface area (Å²) in [5, 5.41) is 9.53. The van der Waals surface area contributed by atoms with Gasteiger partial charge in [-0.3, -0.25) is 9.59 Å². The van der Waals surface area contributed by atoms with Gasteiger partial charge >= 0.3 is 11.9 Å². The highest BCUT2D eigenvalue weighted by molar-refractivity contribution is 14.1. The SMILES string of the molecule is CC(=O)O[C@@H]1[C@@H](OC(C)=O)[C@@H](CI)O[C@H]1O.